The van der Waals surface area contributed by atoms with Gasteiger partial charge in [0.25, 0.3) is 5.91 Å². The van der Waals surface area contributed by atoms with Crippen LogP contribution in [0.4, 0.5) is 5.69 Å². The highest BCUT2D eigenvalue weighted by Gasteiger charge is 2.26. The zero-order valence-electron chi connectivity index (χ0n) is 10.6. The zero-order chi connectivity index (χ0) is 14.1. The summed E-state index contributed by atoms with van der Waals surface area (Å²) in [5.74, 6) is -1.37. The number of nitrogens with one attached hydrogen (secondary N) is 1. The van der Waals surface area contributed by atoms with E-state index in [9.17, 15) is 9.59 Å². The van der Waals surface area contributed by atoms with Crippen LogP contribution in [0.5, 0.6) is 0 Å². The number of carbonyl (C=O) groups is 2. The number of amides is 1. The van der Waals surface area contributed by atoms with Gasteiger partial charge in [-0.3, -0.25) is 4.79 Å². The maximum Gasteiger partial charge on any atom is 0.354 e. The van der Waals surface area contributed by atoms with Gasteiger partial charge in [0.1, 0.15) is 11.4 Å². The topological polar surface area (TPSA) is 84.2 Å². The highest BCUT2D eigenvalue weighted by atomic mass is 16.4. The monoisotopic (exact) mass is 271 g/mol. The van der Waals surface area contributed by atoms with Gasteiger partial charge in [0.2, 0.25) is 0 Å². The van der Waals surface area contributed by atoms with Gasteiger partial charge in [-0.15, -0.1) is 0 Å². The van der Waals surface area contributed by atoms with E-state index < -0.39 is 5.97 Å². The smallest absolute Gasteiger partial charge is 0.354 e. The molecule has 0 bridgehead atoms. The summed E-state index contributed by atoms with van der Waals surface area (Å²) in [5.41, 5.74) is 0.910. The second kappa shape index (κ2) is 4.80. The molecule has 0 saturated heterocycles. The van der Waals surface area contributed by atoms with E-state index in [0.29, 0.717) is 17.4 Å². The first kappa shape index (κ1) is 12.4. The third kappa shape index (κ3) is 2.40. The molecule has 6 heteroatoms. The minimum absolute atomic E-state index is 0.0969. The summed E-state index contributed by atoms with van der Waals surface area (Å²) < 4.78 is 1.95. The predicted octanol–water partition coefficient (Wildman–Crippen LogP) is 2.17. The largest absolute Gasteiger partial charge is 0.477 e. The zero-order valence-corrected chi connectivity index (χ0v) is 10.6. The molecule has 1 aliphatic rings. The molecule has 2 aromatic rings. The Labute approximate surface area is 115 Å². The van der Waals surface area contributed by atoms with Crippen molar-refractivity contribution in [3.8, 4) is 0 Å². The Morgan fingerprint density at radius 1 is 1.35 bits per heavy atom. The third-order valence-electron chi connectivity index (χ3n) is 3.19. The van der Waals surface area contributed by atoms with Gasteiger partial charge in [-0.05, 0) is 37.1 Å². The van der Waals surface area contributed by atoms with Crippen molar-refractivity contribution in [3.05, 3.63) is 48.0 Å². The van der Waals surface area contributed by atoms with E-state index in [1.807, 2.05) is 16.8 Å². The molecule has 0 atom stereocenters. The van der Waals surface area contributed by atoms with E-state index in [1.54, 1.807) is 12.1 Å². The van der Waals surface area contributed by atoms with Crippen molar-refractivity contribution in [1.82, 2.24) is 9.55 Å². The first-order valence-corrected chi connectivity index (χ1v) is 6.32. The van der Waals surface area contributed by atoms with E-state index in [2.05, 4.69) is 10.3 Å². The molecule has 1 saturated carbocycles. The molecule has 6 nitrogen and oxygen atoms in total. The van der Waals surface area contributed by atoms with Crippen molar-refractivity contribution in [2.75, 3.05) is 5.32 Å². The van der Waals surface area contributed by atoms with Gasteiger partial charge in [-0.1, -0.05) is 0 Å². The summed E-state index contributed by atoms with van der Waals surface area (Å²) in [6.45, 7) is 0. The van der Waals surface area contributed by atoms with E-state index in [-0.39, 0.29) is 11.6 Å². The van der Waals surface area contributed by atoms with Crippen LogP contribution in [0.2, 0.25) is 0 Å². The first-order valence-electron chi connectivity index (χ1n) is 6.32. The molecule has 0 radical (unpaired) electrons. The lowest BCUT2D eigenvalue weighted by molar-refractivity contribution is 0.0690. The second-order valence-corrected chi connectivity index (χ2v) is 4.72. The molecule has 0 spiro atoms. The molecule has 2 heterocycles. The van der Waals surface area contributed by atoms with Crippen LogP contribution in [0.15, 0.2) is 36.7 Å². The van der Waals surface area contributed by atoms with Crippen molar-refractivity contribution < 1.29 is 14.7 Å². The lowest BCUT2D eigenvalue weighted by Gasteiger charge is -2.09. The lowest BCUT2D eigenvalue weighted by Crippen LogP contribution is -2.16. The van der Waals surface area contributed by atoms with Gasteiger partial charge in [0.15, 0.2) is 0 Å². The van der Waals surface area contributed by atoms with Crippen molar-refractivity contribution in [2.45, 2.75) is 18.9 Å². The Hall–Kier alpha value is -2.63. The molecule has 0 aliphatic heterocycles. The average molecular weight is 271 g/mol. The normalized spacial score (nSPS) is 14.0. The van der Waals surface area contributed by atoms with Crippen molar-refractivity contribution >= 4 is 17.6 Å². The van der Waals surface area contributed by atoms with Gasteiger partial charge in [-0.2, -0.15) is 0 Å². The van der Waals surface area contributed by atoms with Crippen LogP contribution in [0.3, 0.4) is 0 Å². The number of aromatic carboxylic acids is 1. The average Bonchev–Trinajstić information content (AvgIpc) is 3.16. The van der Waals surface area contributed by atoms with Crippen molar-refractivity contribution in [3.63, 3.8) is 0 Å². The highest BCUT2D eigenvalue weighted by molar-refractivity contribution is 6.03. The van der Waals surface area contributed by atoms with Gasteiger partial charge < -0.3 is 15.0 Å². The fraction of sp³-hybridized carbons (Fsp3) is 0.214. The summed E-state index contributed by atoms with van der Waals surface area (Å²) in [4.78, 5) is 26.8. The lowest BCUT2D eigenvalue weighted by atomic mass is 10.3. The summed E-state index contributed by atoms with van der Waals surface area (Å²) in [6, 6.07) is 6.91. The number of anilines is 1. The van der Waals surface area contributed by atoms with Gasteiger partial charge >= 0.3 is 5.97 Å². The van der Waals surface area contributed by atoms with Crippen LogP contribution in [-0.4, -0.2) is 26.5 Å². The fourth-order valence-electron chi connectivity index (χ4n) is 2.08. The Kier molecular flexibility index (Phi) is 2.98. The fourth-order valence-corrected chi connectivity index (χ4v) is 2.08. The Morgan fingerprint density at radius 2 is 2.15 bits per heavy atom. The number of carboxylic acids is 1. The number of hydrogen-bond donors (Lipinski definition) is 2. The standard InChI is InChI=1S/C14H13N3O3/c18-13(12-2-1-7-17(12)10-3-4-10)16-9-5-6-15-11(8-9)14(19)20/h1-2,5-8,10H,3-4H2,(H,19,20)(H,15,16,18). The number of pyridine rings is 1. The van der Waals surface area contributed by atoms with Gasteiger partial charge in [-0.25, -0.2) is 9.78 Å². The molecule has 2 aromatic heterocycles. The molecular formula is C14H13N3O3. The maximum absolute atomic E-state index is 12.2. The Bertz CT molecular complexity index is 674. The molecule has 2 N–H and O–H groups in total. The molecule has 3 rings (SSSR count). The highest BCUT2D eigenvalue weighted by Crippen LogP contribution is 2.36. The molecule has 0 aromatic carbocycles. The number of carbonyl (C=O) groups excluding carboxylic acids is 1. The van der Waals surface area contributed by atoms with Crippen molar-refractivity contribution in [1.29, 1.82) is 0 Å². The third-order valence-corrected chi connectivity index (χ3v) is 3.19. The number of rotatable bonds is 4. The van der Waals surface area contributed by atoms with Crippen LogP contribution >= 0.6 is 0 Å². The number of carboxylic acid groups (broad SMARTS) is 1. The maximum atomic E-state index is 12.2. The Balaban J connectivity index is 1.80. The first-order chi connectivity index (χ1) is 9.65. The summed E-state index contributed by atoms with van der Waals surface area (Å²) in [7, 11) is 0. The van der Waals surface area contributed by atoms with Gasteiger partial charge in [0.05, 0.1) is 0 Å². The number of nitrogens with zero attached hydrogens (tertiary/aromatic N) is 2. The summed E-state index contributed by atoms with van der Waals surface area (Å²) in [6.07, 6.45) is 5.43. The van der Waals surface area contributed by atoms with Gasteiger partial charge in [0, 0.05) is 24.1 Å². The van der Waals surface area contributed by atoms with E-state index >= 15 is 0 Å². The van der Waals surface area contributed by atoms with Crippen LogP contribution in [0, 0.1) is 0 Å². The molecular weight excluding hydrogens is 258 g/mol. The van der Waals surface area contributed by atoms with Crippen LogP contribution in [0.25, 0.3) is 0 Å². The number of hydrogen-bond acceptors (Lipinski definition) is 3. The van der Waals surface area contributed by atoms with E-state index in [4.69, 9.17) is 5.11 Å². The predicted molar refractivity (Wildman–Crippen MR) is 71.9 cm³/mol. The van der Waals surface area contributed by atoms with Crippen molar-refractivity contribution in [2.24, 2.45) is 0 Å². The SMILES string of the molecule is O=C(O)c1cc(NC(=O)c2cccn2C2CC2)ccn1. The second-order valence-electron chi connectivity index (χ2n) is 4.72. The minimum Gasteiger partial charge on any atom is -0.477 e. The van der Waals surface area contributed by atoms with Crippen LogP contribution in [0.1, 0.15) is 39.9 Å². The molecule has 1 amide bonds. The van der Waals surface area contributed by atoms with Crippen LogP contribution < -0.4 is 5.32 Å². The quantitative estimate of drug-likeness (QED) is 0.892. The molecule has 20 heavy (non-hydrogen) atoms. The number of aromatic nitrogens is 2. The minimum atomic E-state index is -1.12. The summed E-state index contributed by atoms with van der Waals surface area (Å²) in [5, 5.41) is 11.6. The summed E-state index contributed by atoms with van der Waals surface area (Å²) >= 11 is 0. The molecule has 1 fully saturated rings. The molecule has 0 unspecified atom stereocenters. The molecule has 102 valence electrons. The van der Waals surface area contributed by atoms with E-state index in [0.717, 1.165) is 12.8 Å². The van der Waals surface area contributed by atoms with Crippen LogP contribution in [-0.2, 0) is 0 Å². The Morgan fingerprint density at radius 3 is 2.85 bits per heavy atom. The van der Waals surface area contributed by atoms with E-state index in [1.165, 1.54) is 12.3 Å². The molecule has 1 aliphatic carbocycles.